The van der Waals surface area contributed by atoms with E-state index in [1.165, 1.54) is 12.4 Å². The van der Waals surface area contributed by atoms with Crippen molar-refractivity contribution in [1.29, 1.82) is 0 Å². The summed E-state index contributed by atoms with van der Waals surface area (Å²) in [4.78, 5) is 26.6. The fourth-order valence-electron chi connectivity index (χ4n) is 3.97. The van der Waals surface area contributed by atoms with Gasteiger partial charge in [0.2, 0.25) is 0 Å². The second-order valence-electron chi connectivity index (χ2n) is 8.08. The highest BCUT2D eigenvalue weighted by Crippen LogP contribution is 2.27. The summed E-state index contributed by atoms with van der Waals surface area (Å²) in [7, 11) is 0. The number of rotatable bonds is 11. The highest BCUT2D eigenvalue weighted by Gasteiger charge is 2.20. The number of ketones is 2. The average molecular weight is 507 g/mol. The van der Waals surface area contributed by atoms with Crippen molar-refractivity contribution in [3.8, 4) is 11.5 Å². The number of benzene rings is 4. The summed E-state index contributed by atoms with van der Waals surface area (Å²) < 4.78 is 11.9. The van der Waals surface area contributed by atoms with Crippen LogP contribution in [0.2, 0.25) is 0 Å². The van der Waals surface area contributed by atoms with Crippen LogP contribution in [0.3, 0.4) is 0 Å². The number of nitrogens with two attached hydrogens (primary N) is 2. The van der Waals surface area contributed by atoms with Crippen LogP contribution < -0.4 is 21.2 Å². The Morgan fingerprint density at radius 1 is 0.579 bits per heavy atom. The first-order chi connectivity index (χ1) is 18.6. The van der Waals surface area contributed by atoms with Crippen LogP contribution in [0, 0.1) is 0 Å². The molecule has 0 unspecified atom stereocenters. The molecule has 0 radical (unpaired) electrons. The van der Waals surface area contributed by atoms with Gasteiger partial charge in [-0.05, 0) is 12.1 Å². The molecule has 8 heteroatoms. The van der Waals surface area contributed by atoms with Gasteiger partial charge in [0.25, 0.3) is 0 Å². The van der Waals surface area contributed by atoms with E-state index in [0.717, 1.165) is 0 Å². The highest BCUT2D eigenvalue weighted by molar-refractivity contribution is 6.15. The standard InChI is InChI=1S/C30H26N4O4/c31-33-19-23-13-7-15-25(27(23)29(35)21-9-3-1-4-10-21)37-17-18-38-26-16-8-14-24(20-34-32)28(26)30(36)22-11-5-2-6-12-22/h1-16,19-20H,17-18,31-32H2. The van der Waals surface area contributed by atoms with Crippen molar-refractivity contribution < 1.29 is 19.1 Å². The molecule has 8 nitrogen and oxygen atoms in total. The molecule has 4 rings (SSSR count). The molecule has 0 aliphatic carbocycles. The highest BCUT2D eigenvalue weighted by atomic mass is 16.5. The number of ether oxygens (including phenoxy) is 2. The SMILES string of the molecule is NN=Cc1cccc(OCCOc2cccc(C=NN)c2C(=O)c2ccccc2)c1C(=O)c1ccccc1. The monoisotopic (exact) mass is 506 g/mol. The van der Waals surface area contributed by atoms with Crippen molar-refractivity contribution in [2.75, 3.05) is 13.2 Å². The lowest BCUT2D eigenvalue weighted by molar-refractivity contribution is 0.102. The van der Waals surface area contributed by atoms with Gasteiger partial charge < -0.3 is 21.2 Å². The second kappa shape index (κ2) is 12.6. The van der Waals surface area contributed by atoms with E-state index in [1.807, 2.05) is 12.1 Å². The molecule has 38 heavy (non-hydrogen) atoms. The minimum atomic E-state index is -0.221. The lowest BCUT2D eigenvalue weighted by Crippen LogP contribution is -2.15. The quantitative estimate of drug-likeness (QED) is 0.103. The van der Waals surface area contributed by atoms with Gasteiger partial charge in [0.1, 0.15) is 24.7 Å². The molecule has 0 aliphatic rings. The molecule has 0 heterocycles. The third-order valence-corrected chi connectivity index (χ3v) is 5.67. The van der Waals surface area contributed by atoms with Crippen LogP contribution in [0.1, 0.15) is 43.0 Å². The van der Waals surface area contributed by atoms with Crippen molar-refractivity contribution in [3.63, 3.8) is 0 Å². The maximum absolute atomic E-state index is 13.3. The maximum atomic E-state index is 13.3. The van der Waals surface area contributed by atoms with E-state index in [4.69, 9.17) is 21.2 Å². The molecule has 4 aromatic carbocycles. The molecule has 0 aromatic heterocycles. The zero-order valence-corrected chi connectivity index (χ0v) is 20.5. The third-order valence-electron chi connectivity index (χ3n) is 5.67. The molecule has 4 aromatic rings. The summed E-state index contributed by atoms with van der Waals surface area (Å²) in [5, 5.41) is 7.17. The predicted octanol–water partition coefficient (Wildman–Crippen LogP) is 4.19. The minimum Gasteiger partial charge on any atom is -0.489 e. The molecular weight excluding hydrogens is 480 g/mol. The number of carbonyl (C=O) groups excluding carboxylic acids is 2. The Labute approximate surface area is 220 Å². The number of hydrogen-bond donors (Lipinski definition) is 2. The van der Waals surface area contributed by atoms with Gasteiger partial charge in [-0.25, -0.2) is 0 Å². The number of hydrogen-bond acceptors (Lipinski definition) is 8. The lowest BCUT2D eigenvalue weighted by atomic mass is 9.97. The van der Waals surface area contributed by atoms with Gasteiger partial charge in [-0.2, -0.15) is 10.2 Å². The van der Waals surface area contributed by atoms with Gasteiger partial charge in [-0.1, -0.05) is 84.9 Å². The molecule has 0 bridgehead atoms. The largest absolute Gasteiger partial charge is 0.489 e. The van der Waals surface area contributed by atoms with Gasteiger partial charge in [-0.3, -0.25) is 9.59 Å². The van der Waals surface area contributed by atoms with Crippen molar-refractivity contribution in [3.05, 3.63) is 130 Å². The normalized spacial score (nSPS) is 11.1. The first-order valence-corrected chi connectivity index (χ1v) is 11.8. The Morgan fingerprint density at radius 3 is 1.34 bits per heavy atom. The van der Waals surface area contributed by atoms with Crippen LogP contribution in [-0.2, 0) is 0 Å². The van der Waals surface area contributed by atoms with Crippen molar-refractivity contribution in [2.24, 2.45) is 21.9 Å². The summed E-state index contributed by atoms with van der Waals surface area (Å²) >= 11 is 0. The van der Waals surface area contributed by atoms with Crippen LogP contribution in [0.4, 0.5) is 0 Å². The van der Waals surface area contributed by atoms with Gasteiger partial charge >= 0.3 is 0 Å². The third kappa shape index (κ3) is 5.93. The Morgan fingerprint density at radius 2 is 0.974 bits per heavy atom. The zero-order chi connectivity index (χ0) is 26.7. The van der Waals surface area contributed by atoms with E-state index >= 15 is 0 Å². The number of nitrogens with zero attached hydrogens (tertiary/aromatic N) is 2. The molecule has 0 fully saturated rings. The topological polar surface area (TPSA) is 129 Å². The molecule has 0 aliphatic heterocycles. The number of carbonyl (C=O) groups is 2. The Kier molecular flexibility index (Phi) is 8.60. The van der Waals surface area contributed by atoms with E-state index in [2.05, 4.69) is 10.2 Å². The van der Waals surface area contributed by atoms with Crippen LogP contribution >= 0.6 is 0 Å². The van der Waals surface area contributed by atoms with Gasteiger partial charge in [0, 0.05) is 22.3 Å². The summed E-state index contributed by atoms with van der Waals surface area (Å²) in [5.74, 6) is 11.0. The minimum absolute atomic E-state index is 0.104. The average Bonchev–Trinajstić information content (AvgIpc) is 2.96. The molecule has 0 amide bonds. The Bertz CT molecular complexity index is 1360. The summed E-state index contributed by atoms with van der Waals surface area (Å²) in [5.41, 5.74) is 2.76. The Hall–Kier alpha value is -5.24. The maximum Gasteiger partial charge on any atom is 0.197 e. The van der Waals surface area contributed by atoms with Gasteiger partial charge in [0.05, 0.1) is 23.6 Å². The Balaban J connectivity index is 1.55. The lowest BCUT2D eigenvalue weighted by Gasteiger charge is -2.15. The fourth-order valence-corrected chi connectivity index (χ4v) is 3.97. The van der Waals surface area contributed by atoms with E-state index in [1.54, 1.807) is 84.9 Å². The molecule has 0 saturated heterocycles. The summed E-state index contributed by atoms with van der Waals surface area (Å²) in [6.45, 7) is 0.207. The van der Waals surface area contributed by atoms with E-state index in [-0.39, 0.29) is 24.8 Å². The first kappa shape index (κ1) is 25.8. The van der Waals surface area contributed by atoms with Crippen LogP contribution in [0.25, 0.3) is 0 Å². The van der Waals surface area contributed by atoms with E-state index in [9.17, 15) is 9.59 Å². The fraction of sp³-hybridized carbons (Fsp3) is 0.0667. The van der Waals surface area contributed by atoms with E-state index in [0.29, 0.717) is 44.9 Å². The number of hydrazone groups is 2. The van der Waals surface area contributed by atoms with Crippen LogP contribution in [0.15, 0.2) is 107 Å². The first-order valence-electron chi connectivity index (χ1n) is 11.8. The molecule has 190 valence electrons. The van der Waals surface area contributed by atoms with Crippen LogP contribution in [0.5, 0.6) is 11.5 Å². The van der Waals surface area contributed by atoms with Gasteiger partial charge in [0.15, 0.2) is 11.6 Å². The molecule has 0 spiro atoms. The van der Waals surface area contributed by atoms with Crippen LogP contribution in [-0.4, -0.2) is 37.2 Å². The van der Waals surface area contributed by atoms with Gasteiger partial charge in [-0.15, -0.1) is 0 Å². The predicted molar refractivity (Wildman–Crippen MR) is 147 cm³/mol. The molecule has 0 saturated carbocycles. The van der Waals surface area contributed by atoms with Crippen molar-refractivity contribution >= 4 is 24.0 Å². The second-order valence-corrected chi connectivity index (χ2v) is 8.08. The molecule has 4 N–H and O–H groups in total. The van der Waals surface area contributed by atoms with E-state index < -0.39 is 0 Å². The summed E-state index contributed by atoms with van der Waals surface area (Å²) in [6, 6.07) is 28.1. The van der Waals surface area contributed by atoms with Crippen molar-refractivity contribution in [2.45, 2.75) is 0 Å². The smallest absolute Gasteiger partial charge is 0.197 e. The zero-order valence-electron chi connectivity index (χ0n) is 20.5. The molecular formula is C30H26N4O4. The molecule has 0 atom stereocenters. The summed E-state index contributed by atoms with van der Waals surface area (Å²) in [6.07, 6.45) is 2.82. The van der Waals surface area contributed by atoms with Crippen molar-refractivity contribution in [1.82, 2.24) is 0 Å².